The number of nitrogens with one attached hydrogen (secondary N) is 1. The highest BCUT2D eigenvalue weighted by Crippen LogP contribution is 2.08. The fraction of sp³-hybridized carbons (Fsp3) is 0.500. The zero-order valence-corrected chi connectivity index (χ0v) is 10.7. The lowest BCUT2D eigenvalue weighted by molar-refractivity contribution is -0.119. The summed E-state index contributed by atoms with van der Waals surface area (Å²) >= 11 is 1.54. The van der Waals surface area contributed by atoms with Crippen molar-refractivity contribution in [3.63, 3.8) is 0 Å². The van der Waals surface area contributed by atoms with E-state index in [1.807, 2.05) is 25.1 Å². The zero-order chi connectivity index (χ0) is 12.5. The van der Waals surface area contributed by atoms with Gasteiger partial charge in [-0.15, -0.1) is 11.8 Å². The smallest absolute Gasteiger partial charge is 0.230 e. The first-order valence-corrected chi connectivity index (χ1v) is 6.75. The maximum absolute atomic E-state index is 11.5. The van der Waals surface area contributed by atoms with Gasteiger partial charge in [0.2, 0.25) is 5.91 Å². The zero-order valence-electron chi connectivity index (χ0n) is 9.93. The molecule has 1 aromatic heterocycles. The standard InChI is InChI=1S/C12H18N2O2S/c1-10(5-7-15)14-12(16)9-17-8-11-4-2-3-6-13-11/h2-4,6,10,15H,5,7-9H2,1H3,(H,14,16). The molecule has 0 aliphatic carbocycles. The van der Waals surface area contributed by atoms with Crippen LogP contribution in [0.2, 0.25) is 0 Å². The van der Waals surface area contributed by atoms with Gasteiger partial charge < -0.3 is 10.4 Å². The van der Waals surface area contributed by atoms with Crippen LogP contribution in [0, 0.1) is 0 Å². The van der Waals surface area contributed by atoms with Crippen LogP contribution in [0.1, 0.15) is 19.0 Å². The van der Waals surface area contributed by atoms with Crippen molar-refractivity contribution in [1.82, 2.24) is 10.3 Å². The molecule has 0 aliphatic heterocycles. The molecule has 0 bridgehead atoms. The minimum absolute atomic E-state index is 0.00637. The number of aliphatic hydroxyl groups is 1. The molecular weight excluding hydrogens is 236 g/mol. The monoisotopic (exact) mass is 254 g/mol. The molecule has 0 fully saturated rings. The average Bonchev–Trinajstić information content (AvgIpc) is 2.30. The van der Waals surface area contributed by atoms with Crippen LogP contribution in [-0.4, -0.2) is 34.4 Å². The Morgan fingerprint density at radius 3 is 3.06 bits per heavy atom. The van der Waals surface area contributed by atoms with Crippen molar-refractivity contribution < 1.29 is 9.90 Å². The Hall–Kier alpha value is -1.07. The van der Waals surface area contributed by atoms with Gasteiger partial charge in [-0.25, -0.2) is 0 Å². The van der Waals surface area contributed by atoms with E-state index in [0.29, 0.717) is 12.2 Å². The molecule has 0 saturated heterocycles. The molecule has 1 aromatic rings. The summed E-state index contributed by atoms with van der Waals surface area (Å²) in [5, 5.41) is 11.5. The maximum Gasteiger partial charge on any atom is 0.230 e. The van der Waals surface area contributed by atoms with Gasteiger partial charge in [-0.05, 0) is 25.5 Å². The molecule has 0 aliphatic rings. The molecule has 1 amide bonds. The van der Waals surface area contributed by atoms with Gasteiger partial charge in [0.15, 0.2) is 0 Å². The third-order valence-electron chi connectivity index (χ3n) is 2.18. The number of rotatable bonds is 7. The summed E-state index contributed by atoms with van der Waals surface area (Å²) in [5.74, 6) is 1.17. The number of pyridine rings is 1. The number of hydrogen-bond donors (Lipinski definition) is 2. The molecule has 4 nitrogen and oxygen atoms in total. The molecule has 17 heavy (non-hydrogen) atoms. The SMILES string of the molecule is CC(CCO)NC(=O)CSCc1ccccn1. The molecule has 0 aromatic carbocycles. The maximum atomic E-state index is 11.5. The molecule has 1 rings (SSSR count). The van der Waals surface area contributed by atoms with E-state index in [4.69, 9.17) is 5.11 Å². The number of hydrogen-bond acceptors (Lipinski definition) is 4. The quantitative estimate of drug-likeness (QED) is 0.767. The summed E-state index contributed by atoms with van der Waals surface area (Å²) in [5.41, 5.74) is 0.980. The first-order chi connectivity index (χ1) is 8.22. The molecule has 0 saturated carbocycles. The predicted octanol–water partition coefficient (Wildman–Crippen LogP) is 1.20. The van der Waals surface area contributed by atoms with Gasteiger partial charge in [0.25, 0.3) is 0 Å². The van der Waals surface area contributed by atoms with Crippen LogP contribution in [0.4, 0.5) is 0 Å². The Kier molecular flexibility index (Phi) is 6.65. The van der Waals surface area contributed by atoms with Gasteiger partial charge in [-0.3, -0.25) is 9.78 Å². The first-order valence-electron chi connectivity index (χ1n) is 5.60. The topological polar surface area (TPSA) is 62.2 Å². The van der Waals surface area contributed by atoms with E-state index in [1.165, 1.54) is 11.8 Å². The van der Waals surface area contributed by atoms with Crippen molar-refractivity contribution in [3.05, 3.63) is 30.1 Å². The van der Waals surface area contributed by atoms with Gasteiger partial charge in [0.1, 0.15) is 0 Å². The average molecular weight is 254 g/mol. The second kappa shape index (κ2) is 8.08. The first kappa shape index (κ1) is 14.0. The summed E-state index contributed by atoms with van der Waals surface area (Å²) < 4.78 is 0. The highest BCUT2D eigenvalue weighted by molar-refractivity contribution is 7.99. The Bertz CT molecular complexity index is 333. The van der Waals surface area contributed by atoms with Crippen LogP contribution in [0.25, 0.3) is 0 Å². The van der Waals surface area contributed by atoms with Gasteiger partial charge in [-0.1, -0.05) is 6.07 Å². The fourth-order valence-corrected chi connectivity index (χ4v) is 2.06. The fourth-order valence-electron chi connectivity index (χ4n) is 1.31. The normalized spacial score (nSPS) is 12.1. The lowest BCUT2D eigenvalue weighted by atomic mass is 10.2. The Morgan fingerprint density at radius 1 is 1.59 bits per heavy atom. The van der Waals surface area contributed by atoms with Crippen molar-refractivity contribution in [2.24, 2.45) is 0 Å². The molecule has 0 radical (unpaired) electrons. The van der Waals surface area contributed by atoms with Crippen molar-refractivity contribution >= 4 is 17.7 Å². The summed E-state index contributed by atoms with van der Waals surface area (Å²) in [4.78, 5) is 15.7. The van der Waals surface area contributed by atoms with Gasteiger partial charge >= 0.3 is 0 Å². The molecule has 94 valence electrons. The third kappa shape index (κ3) is 6.28. The number of thioether (sulfide) groups is 1. The summed E-state index contributed by atoms with van der Waals surface area (Å²) in [6.45, 7) is 1.99. The lowest BCUT2D eigenvalue weighted by Crippen LogP contribution is -2.34. The van der Waals surface area contributed by atoms with E-state index < -0.39 is 0 Å². The minimum Gasteiger partial charge on any atom is -0.396 e. The van der Waals surface area contributed by atoms with Crippen LogP contribution in [0.15, 0.2) is 24.4 Å². The van der Waals surface area contributed by atoms with Crippen LogP contribution in [0.5, 0.6) is 0 Å². The van der Waals surface area contributed by atoms with Gasteiger partial charge in [0.05, 0.1) is 11.4 Å². The number of carbonyl (C=O) groups is 1. The Morgan fingerprint density at radius 2 is 2.41 bits per heavy atom. The van der Waals surface area contributed by atoms with Crippen LogP contribution in [-0.2, 0) is 10.5 Å². The highest BCUT2D eigenvalue weighted by atomic mass is 32.2. The van der Waals surface area contributed by atoms with E-state index in [2.05, 4.69) is 10.3 Å². The third-order valence-corrected chi connectivity index (χ3v) is 3.14. The van der Waals surface area contributed by atoms with Crippen molar-refractivity contribution in [2.75, 3.05) is 12.4 Å². The summed E-state index contributed by atoms with van der Waals surface area (Å²) in [6.07, 6.45) is 2.34. The van der Waals surface area contributed by atoms with Crippen molar-refractivity contribution in [2.45, 2.75) is 25.1 Å². The minimum atomic E-state index is 0.00637. The number of carbonyl (C=O) groups excluding carboxylic acids is 1. The lowest BCUT2D eigenvalue weighted by Gasteiger charge is -2.11. The predicted molar refractivity (Wildman–Crippen MR) is 69.7 cm³/mol. The second-order valence-electron chi connectivity index (χ2n) is 3.79. The largest absolute Gasteiger partial charge is 0.396 e. The summed E-state index contributed by atoms with van der Waals surface area (Å²) in [6, 6.07) is 5.78. The van der Waals surface area contributed by atoms with E-state index in [9.17, 15) is 4.79 Å². The second-order valence-corrected chi connectivity index (χ2v) is 4.78. The molecule has 1 unspecified atom stereocenters. The molecule has 5 heteroatoms. The van der Waals surface area contributed by atoms with E-state index >= 15 is 0 Å². The molecule has 1 heterocycles. The van der Waals surface area contributed by atoms with E-state index in [1.54, 1.807) is 6.20 Å². The molecule has 0 spiro atoms. The Labute approximate surface area is 106 Å². The van der Waals surface area contributed by atoms with Crippen LogP contribution >= 0.6 is 11.8 Å². The van der Waals surface area contributed by atoms with Crippen LogP contribution < -0.4 is 5.32 Å². The molecule has 2 N–H and O–H groups in total. The van der Waals surface area contributed by atoms with Crippen molar-refractivity contribution in [1.29, 1.82) is 0 Å². The molecule has 1 atom stereocenters. The summed E-state index contributed by atoms with van der Waals surface area (Å²) in [7, 11) is 0. The highest BCUT2D eigenvalue weighted by Gasteiger charge is 2.06. The van der Waals surface area contributed by atoms with Crippen molar-refractivity contribution in [3.8, 4) is 0 Å². The van der Waals surface area contributed by atoms with Gasteiger partial charge in [-0.2, -0.15) is 0 Å². The number of aliphatic hydroxyl groups excluding tert-OH is 1. The van der Waals surface area contributed by atoms with E-state index in [-0.39, 0.29) is 18.6 Å². The number of amides is 1. The van der Waals surface area contributed by atoms with Gasteiger partial charge in [0, 0.05) is 24.6 Å². The Balaban J connectivity index is 2.16. The number of aromatic nitrogens is 1. The van der Waals surface area contributed by atoms with E-state index in [0.717, 1.165) is 11.4 Å². The van der Waals surface area contributed by atoms with Crippen LogP contribution in [0.3, 0.4) is 0 Å². The number of nitrogens with zero attached hydrogens (tertiary/aromatic N) is 1. The molecular formula is C12H18N2O2S.